The van der Waals surface area contributed by atoms with Crippen LogP contribution in [0.1, 0.15) is 13.3 Å². The van der Waals surface area contributed by atoms with E-state index in [4.69, 9.17) is 10.2 Å². The molecule has 0 fully saturated rings. The third kappa shape index (κ3) is 2.81. The molecule has 0 aromatic carbocycles. The third-order valence-electron chi connectivity index (χ3n) is 1.70. The van der Waals surface area contributed by atoms with Gasteiger partial charge in [0.1, 0.15) is 0 Å². The molecule has 0 aromatic rings. The van der Waals surface area contributed by atoms with Crippen LogP contribution in [0.25, 0.3) is 0 Å². The van der Waals surface area contributed by atoms with Crippen LogP contribution in [0.5, 0.6) is 0 Å². The molecular weight excluding hydrogens is 150 g/mol. The molecular formula is C6H13NO4. The topological polar surface area (TPSA) is 83.6 Å². The number of aliphatic hydroxyl groups is 2. The van der Waals surface area contributed by atoms with Gasteiger partial charge in [0.15, 0.2) is 0 Å². The van der Waals surface area contributed by atoms with Crippen LogP contribution in [-0.4, -0.2) is 34.4 Å². The Morgan fingerprint density at radius 2 is 1.91 bits per heavy atom. The van der Waals surface area contributed by atoms with Crippen molar-refractivity contribution in [3.63, 3.8) is 0 Å². The minimum absolute atomic E-state index is 0.332. The van der Waals surface area contributed by atoms with Gasteiger partial charge in [0, 0.05) is 11.3 Å². The summed E-state index contributed by atoms with van der Waals surface area (Å²) in [7, 11) is 0. The van der Waals surface area contributed by atoms with Gasteiger partial charge in [-0.25, -0.2) is 0 Å². The Morgan fingerprint density at radius 3 is 2.00 bits per heavy atom. The van der Waals surface area contributed by atoms with Gasteiger partial charge in [0.25, 0.3) is 0 Å². The summed E-state index contributed by atoms with van der Waals surface area (Å²) in [6, 6.07) is -0.829. The van der Waals surface area contributed by atoms with Gasteiger partial charge in [-0.1, -0.05) is 6.92 Å². The summed E-state index contributed by atoms with van der Waals surface area (Å²) in [5, 5.41) is 27.5. The Hall–Kier alpha value is -0.680. The maximum Gasteiger partial charge on any atom is 0.220 e. The van der Waals surface area contributed by atoms with Gasteiger partial charge in [0.2, 0.25) is 6.04 Å². The lowest BCUT2D eigenvalue weighted by Gasteiger charge is -2.14. The van der Waals surface area contributed by atoms with Gasteiger partial charge in [0.05, 0.1) is 19.1 Å². The molecule has 0 spiro atoms. The fourth-order valence-corrected chi connectivity index (χ4v) is 0.956. The summed E-state index contributed by atoms with van der Waals surface area (Å²) in [5.74, 6) is -0.630. The molecule has 0 aliphatic heterocycles. The van der Waals surface area contributed by atoms with Crippen LogP contribution in [0.4, 0.5) is 0 Å². The average Bonchev–Trinajstić information content (AvgIpc) is 1.99. The van der Waals surface area contributed by atoms with Gasteiger partial charge >= 0.3 is 0 Å². The molecule has 66 valence electrons. The first-order valence-corrected chi connectivity index (χ1v) is 3.52. The van der Waals surface area contributed by atoms with Gasteiger partial charge in [-0.2, -0.15) is 0 Å². The first kappa shape index (κ1) is 10.3. The number of nitro groups is 1. The van der Waals surface area contributed by atoms with Crippen LogP contribution in [0.3, 0.4) is 0 Å². The average molecular weight is 163 g/mol. The van der Waals surface area contributed by atoms with Crippen LogP contribution >= 0.6 is 0 Å². The maximum atomic E-state index is 10.3. The minimum Gasteiger partial charge on any atom is -0.396 e. The predicted molar refractivity (Wildman–Crippen MR) is 38.7 cm³/mol. The monoisotopic (exact) mass is 163 g/mol. The van der Waals surface area contributed by atoms with Crippen LogP contribution in [-0.2, 0) is 0 Å². The van der Waals surface area contributed by atoms with E-state index in [1.54, 1.807) is 6.92 Å². The highest BCUT2D eigenvalue weighted by molar-refractivity contribution is 4.65. The SMILES string of the molecule is CCC(C(CO)CO)[N+](=O)[O-]. The summed E-state index contributed by atoms with van der Waals surface area (Å²) in [6.45, 7) is 0.984. The molecule has 5 heteroatoms. The van der Waals surface area contributed by atoms with E-state index in [0.29, 0.717) is 6.42 Å². The first-order valence-electron chi connectivity index (χ1n) is 3.52. The fraction of sp³-hybridized carbons (Fsp3) is 1.00. The second-order valence-corrected chi connectivity index (χ2v) is 2.39. The third-order valence-corrected chi connectivity index (χ3v) is 1.70. The number of aliphatic hydroxyl groups excluding tert-OH is 2. The molecule has 5 nitrogen and oxygen atoms in total. The van der Waals surface area contributed by atoms with Crippen LogP contribution in [0.15, 0.2) is 0 Å². The van der Waals surface area contributed by atoms with E-state index in [1.165, 1.54) is 0 Å². The zero-order valence-electron chi connectivity index (χ0n) is 6.43. The Bertz CT molecular complexity index is 124. The lowest BCUT2D eigenvalue weighted by Crippen LogP contribution is -2.33. The van der Waals surface area contributed by atoms with Crippen molar-refractivity contribution in [1.82, 2.24) is 0 Å². The van der Waals surface area contributed by atoms with E-state index in [1.807, 2.05) is 0 Å². The van der Waals surface area contributed by atoms with Crippen molar-refractivity contribution in [3.05, 3.63) is 10.1 Å². The second kappa shape index (κ2) is 5.03. The highest BCUT2D eigenvalue weighted by Crippen LogP contribution is 2.09. The molecule has 1 unspecified atom stereocenters. The van der Waals surface area contributed by atoms with E-state index < -0.39 is 16.9 Å². The molecule has 2 N–H and O–H groups in total. The zero-order valence-corrected chi connectivity index (χ0v) is 6.43. The Morgan fingerprint density at radius 1 is 1.45 bits per heavy atom. The summed E-state index contributed by atoms with van der Waals surface area (Å²) < 4.78 is 0. The van der Waals surface area contributed by atoms with E-state index >= 15 is 0 Å². The normalized spacial score (nSPS) is 13.5. The highest BCUT2D eigenvalue weighted by Gasteiger charge is 2.28. The number of hydrogen-bond donors (Lipinski definition) is 2. The Labute approximate surface area is 64.8 Å². The smallest absolute Gasteiger partial charge is 0.220 e. The Kier molecular flexibility index (Phi) is 4.72. The van der Waals surface area contributed by atoms with E-state index in [-0.39, 0.29) is 13.2 Å². The van der Waals surface area contributed by atoms with E-state index in [0.717, 1.165) is 0 Å². The standard InChI is InChI=1S/C6H13NO4/c1-2-6(7(10)11)5(3-8)4-9/h5-6,8-9H,2-4H2,1H3. The number of hydrogen-bond acceptors (Lipinski definition) is 4. The van der Waals surface area contributed by atoms with Gasteiger partial charge in [-0.3, -0.25) is 10.1 Å². The molecule has 0 aliphatic rings. The van der Waals surface area contributed by atoms with Crippen molar-refractivity contribution in [1.29, 1.82) is 0 Å². The molecule has 0 aromatic heterocycles. The van der Waals surface area contributed by atoms with Gasteiger partial charge < -0.3 is 10.2 Å². The summed E-state index contributed by atoms with van der Waals surface area (Å²) in [4.78, 5) is 9.81. The molecule has 0 saturated heterocycles. The molecule has 0 rings (SSSR count). The molecule has 0 heterocycles. The first-order chi connectivity index (χ1) is 5.17. The minimum atomic E-state index is -0.829. The predicted octanol–water partition coefficient (Wildman–Crippen LogP) is -0.357. The van der Waals surface area contributed by atoms with Crippen LogP contribution in [0.2, 0.25) is 0 Å². The molecule has 0 bridgehead atoms. The largest absolute Gasteiger partial charge is 0.396 e. The second-order valence-electron chi connectivity index (χ2n) is 2.39. The van der Waals surface area contributed by atoms with Gasteiger partial charge in [-0.15, -0.1) is 0 Å². The van der Waals surface area contributed by atoms with Crippen molar-refractivity contribution < 1.29 is 15.1 Å². The van der Waals surface area contributed by atoms with Crippen molar-refractivity contribution >= 4 is 0 Å². The van der Waals surface area contributed by atoms with Crippen LogP contribution in [0, 0.1) is 16.0 Å². The zero-order chi connectivity index (χ0) is 8.85. The quantitative estimate of drug-likeness (QED) is 0.428. The number of nitrogens with zero attached hydrogens (tertiary/aromatic N) is 1. The van der Waals surface area contributed by atoms with Crippen molar-refractivity contribution in [2.24, 2.45) is 5.92 Å². The Balaban J connectivity index is 4.09. The summed E-state index contributed by atoms with van der Waals surface area (Å²) in [5.41, 5.74) is 0. The molecule has 0 radical (unpaired) electrons. The lowest BCUT2D eigenvalue weighted by molar-refractivity contribution is -0.534. The van der Waals surface area contributed by atoms with Gasteiger partial charge in [-0.05, 0) is 0 Å². The van der Waals surface area contributed by atoms with E-state index in [2.05, 4.69) is 0 Å². The summed E-state index contributed by atoms with van der Waals surface area (Å²) in [6.07, 6.45) is 0.332. The van der Waals surface area contributed by atoms with E-state index in [9.17, 15) is 10.1 Å². The molecule has 11 heavy (non-hydrogen) atoms. The van der Waals surface area contributed by atoms with Crippen molar-refractivity contribution in [3.8, 4) is 0 Å². The van der Waals surface area contributed by atoms with Crippen LogP contribution < -0.4 is 0 Å². The maximum absolute atomic E-state index is 10.3. The van der Waals surface area contributed by atoms with Crippen molar-refractivity contribution in [2.75, 3.05) is 13.2 Å². The highest BCUT2D eigenvalue weighted by atomic mass is 16.6. The van der Waals surface area contributed by atoms with Crippen molar-refractivity contribution in [2.45, 2.75) is 19.4 Å². The fourth-order valence-electron chi connectivity index (χ4n) is 0.956. The lowest BCUT2D eigenvalue weighted by atomic mass is 10.0. The molecule has 1 atom stereocenters. The molecule has 0 aliphatic carbocycles. The number of rotatable bonds is 5. The molecule has 0 amide bonds. The molecule has 0 saturated carbocycles. The summed E-state index contributed by atoms with van der Waals surface area (Å²) >= 11 is 0.